The van der Waals surface area contributed by atoms with E-state index in [1.165, 1.54) is 0 Å². The average Bonchev–Trinajstić information content (AvgIpc) is 2.34. The smallest absolute Gasteiger partial charge is 0.156 e. The summed E-state index contributed by atoms with van der Waals surface area (Å²) in [5.41, 5.74) is 0.641. The van der Waals surface area contributed by atoms with Crippen molar-refractivity contribution < 1.29 is 5.11 Å². The molecule has 1 rings (SSSR count). The van der Waals surface area contributed by atoms with E-state index < -0.39 is 6.10 Å². The number of hydrogen-bond donors (Lipinski definition) is 1. The van der Waals surface area contributed by atoms with E-state index in [1.54, 1.807) is 24.1 Å². The van der Waals surface area contributed by atoms with Crippen LogP contribution in [0.3, 0.4) is 0 Å². The quantitative estimate of drug-likeness (QED) is 0.555. The highest BCUT2D eigenvalue weighted by molar-refractivity contribution is 5.12. The number of terminal acetylenes is 1. The van der Waals surface area contributed by atoms with Crippen LogP contribution in [0.4, 0.5) is 0 Å². The van der Waals surface area contributed by atoms with Gasteiger partial charge in [0.15, 0.2) is 6.10 Å². The minimum absolute atomic E-state index is 0.641. The van der Waals surface area contributed by atoms with Crippen LogP contribution in [0.2, 0.25) is 0 Å². The molecular formula is C7H8N2O. The zero-order valence-electron chi connectivity index (χ0n) is 5.65. The van der Waals surface area contributed by atoms with Crippen LogP contribution < -0.4 is 0 Å². The lowest BCUT2D eigenvalue weighted by Gasteiger charge is -2.01. The third-order valence-corrected chi connectivity index (χ3v) is 1.29. The van der Waals surface area contributed by atoms with Crippen LogP contribution >= 0.6 is 0 Å². The van der Waals surface area contributed by atoms with Crippen LogP contribution in [-0.2, 0) is 7.05 Å². The Kier molecular flexibility index (Phi) is 1.74. The molecule has 0 aromatic carbocycles. The van der Waals surface area contributed by atoms with Crippen molar-refractivity contribution in [3.63, 3.8) is 0 Å². The summed E-state index contributed by atoms with van der Waals surface area (Å²) in [6.07, 6.45) is 7.29. The summed E-state index contributed by atoms with van der Waals surface area (Å²) in [6.45, 7) is 0. The summed E-state index contributed by atoms with van der Waals surface area (Å²) in [5.74, 6) is 2.20. The minimum atomic E-state index is -0.840. The van der Waals surface area contributed by atoms with Gasteiger partial charge in [0.1, 0.15) is 0 Å². The van der Waals surface area contributed by atoms with Crippen LogP contribution in [-0.4, -0.2) is 14.7 Å². The van der Waals surface area contributed by atoms with Crippen molar-refractivity contribution in [1.29, 1.82) is 0 Å². The highest BCUT2D eigenvalue weighted by Crippen LogP contribution is 2.08. The summed E-state index contributed by atoms with van der Waals surface area (Å²) in [5, 5.41) is 9.10. The van der Waals surface area contributed by atoms with Crippen molar-refractivity contribution in [2.75, 3.05) is 0 Å². The Bertz CT molecular complexity index is 259. The van der Waals surface area contributed by atoms with E-state index in [9.17, 15) is 0 Å². The van der Waals surface area contributed by atoms with Gasteiger partial charge in [-0.05, 0) is 0 Å². The van der Waals surface area contributed by atoms with E-state index in [2.05, 4.69) is 10.9 Å². The molecule has 0 aliphatic rings. The van der Waals surface area contributed by atoms with Gasteiger partial charge in [0.25, 0.3) is 0 Å². The van der Waals surface area contributed by atoms with Gasteiger partial charge in [0, 0.05) is 7.05 Å². The van der Waals surface area contributed by atoms with E-state index in [1.807, 2.05) is 0 Å². The number of nitrogens with zero attached hydrogens (tertiary/aromatic N) is 2. The van der Waals surface area contributed by atoms with E-state index in [0.717, 1.165) is 0 Å². The van der Waals surface area contributed by atoms with Crippen molar-refractivity contribution in [3.8, 4) is 12.3 Å². The average molecular weight is 136 g/mol. The van der Waals surface area contributed by atoms with Crippen LogP contribution in [0, 0.1) is 12.3 Å². The van der Waals surface area contributed by atoms with Gasteiger partial charge < -0.3 is 9.67 Å². The topological polar surface area (TPSA) is 38.1 Å². The van der Waals surface area contributed by atoms with Gasteiger partial charge in [-0.15, -0.1) is 6.42 Å². The standard InChI is InChI=1S/C7H8N2O/c1-3-7(10)6-4-8-5-9(6)2/h1,4-5,7,10H,2H3/t7-/m1/s1. The molecule has 0 amide bonds. The molecule has 0 radical (unpaired) electrons. The monoisotopic (exact) mass is 136 g/mol. The lowest BCUT2D eigenvalue weighted by Crippen LogP contribution is -2.00. The molecule has 0 aliphatic carbocycles. The van der Waals surface area contributed by atoms with Gasteiger partial charge in [-0.2, -0.15) is 0 Å². The maximum Gasteiger partial charge on any atom is 0.156 e. The predicted molar refractivity (Wildman–Crippen MR) is 37.0 cm³/mol. The number of imidazole rings is 1. The molecule has 0 saturated heterocycles. The van der Waals surface area contributed by atoms with Crippen molar-refractivity contribution >= 4 is 0 Å². The number of aromatic nitrogens is 2. The highest BCUT2D eigenvalue weighted by Gasteiger charge is 2.05. The molecule has 3 heteroatoms. The maximum absolute atomic E-state index is 9.10. The SMILES string of the molecule is C#C[C@@H](O)c1cncn1C. The number of aliphatic hydroxyl groups is 1. The van der Waals surface area contributed by atoms with Crippen LogP contribution in [0.15, 0.2) is 12.5 Å². The number of aliphatic hydroxyl groups excluding tert-OH is 1. The molecule has 1 aromatic heterocycles. The second-order valence-corrected chi connectivity index (χ2v) is 2.00. The Hall–Kier alpha value is -1.27. The first-order valence-corrected chi connectivity index (χ1v) is 2.86. The minimum Gasteiger partial charge on any atom is -0.374 e. The van der Waals surface area contributed by atoms with E-state index in [0.29, 0.717) is 5.69 Å². The summed E-state index contributed by atoms with van der Waals surface area (Å²) in [4.78, 5) is 3.80. The lowest BCUT2D eigenvalue weighted by molar-refractivity contribution is 0.229. The zero-order valence-corrected chi connectivity index (χ0v) is 5.65. The fourth-order valence-corrected chi connectivity index (χ4v) is 0.716. The van der Waals surface area contributed by atoms with Crippen LogP contribution in [0.5, 0.6) is 0 Å². The molecule has 0 spiro atoms. The Morgan fingerprint density at radius 3 is 3.00 bits per heavy atom. The Morgan fingerprint density at radius 1 is 1.90 bits per heavy atom. The Balaban J connectivity index is 2.96. The first-order chi connectivity index (χ1) is 4.75. The van der Waals surface area contributed by atoms with Gasteiger partial charge in [0.2, 0.25) is 0 Å². The highest BCUT2D eigenvalue weighted by atomic mass is 16.3. The third-order valence-electron chi connectivity index (χ3n) is 1.29. The predicted octanol–water partition coefficient (Wildman–Crippen LogP) is 0.0867. The lowest BCUT2D eigenvalue weighted by atomic mass is 10.3. The van der Waals surface area contributed by atoms with E-state index in [-0.39, 0.29) is 0 Å². The van der Waals surface area contributed by atoms with Crippen molar-refractivity contribution in [1.82, 2.24) is 9.55 Å². The molecule has 0 saturated carbocycles. The number of rotatable bonds is 1. The van der Waals surface area contributed by atoms with E-state index in [4.69, 9.17) is 11.5 Å². The second kappa shape index (κ2) is 2.54. The van der Waals surface area contributed by atoms with Gasteiger partial charge in [-0.25, -0.2) is 4.98 Å². The van der Waals surface area contributed by atoms with Gasteiger partial charge in [0.05, 0.1) is 18.2 Å². The summed E-state index contributed by atoms with van der Waals surface area (Å²) >= 11 is 0. The van der Waals surface area contributed by atoms with Crippen LogP contribution in [0.25, 0.3) is 0 Å². The molecule has 10 heavy (non-hydrogen) atoms. The molecule has 0 unspecified atom stereocenters. The largest absolute Gasteiger partial charge is 0.374 e. The first-order valence-electron chi connectivity index (χ1n) is 2.86. The molecule has 1 atom stereocenters. The zero-order chi connectivity index (χ0) is 7.56. The molecule has 1 aromatic rings. The van der Waals surface area contributed by atoms with Gasteiger partial charge >= 0.3 is 0 Å². The molecular weight excluding hydrogens is 128 g/mol. The normalized spacial score (nSPS) is 12.5. The molecule has 1 N–H and O–H groups in total. The fourth-order valence-electron chi connectivity index (χ4n) is 0.716. The number of hydrogen-bond acceptors (Lipinski definition) is 2. The van der Waals surface area contributed by atoms with Crippen molar-refractivity contribution in [2.24, 2.45) is 7.05 Å². The molecule has 0 aliphatic heterocycles. The van der Waals surface area contributed by atoms with Crippen molar-refractivity contribution in [3.05, 3.63) is 18.2 Å². The maximum atomic E-state index is 9.10. The second-order valence-electron chi connectivity index (χ2n) is 2.00. The van der Waals surface area contributed by atoms with E-state index >= 15 is 0 Å². The molecule has 3 nitrogen and oxygen atoms in total. The fraction of sp³-hybridized carbons (Fsp3) is 0.286. The summed E-state index contributed by atoms with van der Waals surface area (Å²) in [6, 6.07) is 0. The Labute approximate surface area is 59.3 Å². The third kappa shape index (κ3) is 1.02. The molecule has 1 heterocycles. The van der Waals surface area contributed by atoms with Gasteiger partial charge in [-0.3, -0.25) is 0 Å². The Morgan fingerprint density at radius 2 is 2.60 bits per heavy atom. The van der Waals surface area contributed by atoms with Crippen molar-refractivity contribution in [2.45, 2.75) is 6.10 Å². The summed E-state index contributed by atoms with van der Waals surface area (Å²) < 4.78 is 1.69. The summed E-state index contributed by atoms with van der Waals surface area (Å²) in [7, 11) is 1.78. The number of aryl methyl sites for hydroxylation is 1. The molecule has 52 valence electrons. The molecule has 0 bridgehead atoms. The first kappa shape index (κ1) is 6.84. The molecule has 0 fully saturated rings. The van der Waals surface area contributed by atoms with Gasteiger partial charge in [-0.1, -0.05) is 5.92 Å². The van der Waals surface area contributed by atoms with Crippen LogP contribution in [0.1, 0.15) is 11.8 Å².